The molecule has 1 aromatic heterocycles. The number of nitrogens with zero attached hydrogens (tertiary/aromatic N) is 2. The van der Waals surface area contributed by atoms with Crippen molar-refractivity contribution in [3.8, 4) is 45.2 Å². The van der Waals surface area contributed by atoms with Crippen LogP contribution in [0.4, 0.5) is 0 Å². The van der Waals surface area contributed by atoms with Gasteiger partial charge in [0.1, 0.15) is 23.3 Å². The largest absolute Gasteiger partial charge is 0.508 e. The molecule has 5 heteroatoms. The highest BCUT2D eigenvalue weighted by atomic mass is 16.5. The summed E-state index contributed by atoms with van der Waals surface area (Å²) in [7, 11) is 0. The molecule has 1 fully saturated rings. The highest BCUT2D eigenvalue weighted by Crippen LogP contribution is 2.42. The predicted molar refractivity (Wildman–Crippen MR) is 135 cm³/mol. The lowest BCUT2D eigenvalue weighted by Gasteiger charge is -2.38. The maximum absolute atomic E-state index is 9.75. The van der Waals surface area contributed by atoms with Crippen molar-refractivity contribution in [2.75, 3.05) is 19.6 Å². The van der Waals surface area contributed by atoms with Gasteiger partial charge in [-0.3, -0.25) is 4.90 Å². The zero-order valence-electron chi connectivity index (χ0n) is 19.9. The summed E-state index contributed by atoms with van der Waals surface area (Å²) in [5.41, 5.74) is 7.05. The van der Waals surface area contributed by atoms with E-state index in [1.807, 2.05) is 30.3 Å². The number of ether oxygens (including phenoxy) is 1. The number of likely N-dealkylation sites (tertiary alicyclic amines) is 1. The minimum absolute atomic E-state index is 0.217. The smallest absolute Gasteiger partial charge is 0.175 e. The van der Waals surface area contributed by atoms with E-state index in [2.05, 4.69) is 55.1 Å². The van der Waals surface area contributed by atoms with Gasteiger partial charge in [-0.05, 0) is 79.9 Å². The molecule has 0 unspecified atom stereocenters. The first kappa shape index (κ1) is 22.2. The highest BCUT2D eigenvalue weighted by molar-refractivity contribution is 5.91. The van der Waals surface area contributed by atoms with E-state index >= 15 is 0 Å². The molecule has 0 aliphatic carbocycles. The lowest BCUT2D eigenvalue weighted by molar-refractivity contribution is 0.0203. The fraction of sp³-hybridized carbons (Fsp3) is 0.276. The van der Waals surface area contributed by atoms with Gasteiger partial charge >= 0.3 is 0 Å². The van der Waals surface area contributed by atoms with Crippen LogP contribution < -0.4 is 4.74 Å². The maximum Gasteiger partial charge on any atom is 0.175 e. The molecule has 2 heterocycles. The summed E-state index contributed by atoms with van der Waals surface area (Å²) < 4.78 is 12.1. The molecule has 0 saturated carbocycles. The van der Waals surface area contributed by atoms with E-state index in [9.17, 15) is 5.11 Å². The SMILES string of the molecule is CCCN1CC(Oc2ccc(-c3c(-c4cccc(C)c4C)noc3-c3ccc(O)cc3)cc2)C1. The number of rotatable bonds is 7. The molecule has 1 aliphatic heterocycles. The molecule has 0 amide bonds. The molecular formula is C29H30N2O3. The number of aromatic nitrogens is 1. The summed E-state index contributed by atoms with van der Waals surface area (Å²) >= 11 is 0. The molecule has 174 valence electrons. The van der Waals surface area contributed by atoms with Crippen molar-refractivity contribution in [1.29, 1.82) is 0 Å². The normalized spacial score (nSPS) is 14.2. The molecule has 0 atom stereocenters. The van der Waals surface area contributed by atoms with E-state index in [0.717, 1.165) is 53.3 Å². The Labute approximate surface area is 200 Å². The van der Waals surface area contributed by atoms with Crippen LogP contribution in [0.1, 0.15) is 24.5 Å². The van der Waals surface area contributed by atoms with Gasteiger partial charge in [0.25, 0.3) is 0 Å². The molecule has 5 rings (SSSR count). The third-order valence-corrected chi connectivity index (χ3v) is 6.59. The molecule has 0 radical (unpaired) electrons. The Kier molecular flexibility index (Phi) is 6.12. The van der Waals surface area contributed by atoms with Crippen molar-refractivity contribution >= 4 is 0 Å². The van der Waals surface area contributed by atoms with Gasteiger partial charge in [-0.2, -0.15) is 0 Å². The average molecular weight is 455 g/mol. The molecule has 1 N–H and O–H groups in total. The summed E-state index contributed by atoms with van der Waals surface area (Å²) in [5, 5.41) is 14.3. The van der Waals surface area contributed by atoms with Crippen molar-refractivity contribution in [3.05, 3.63) is 77.9 Å². The van der Waals surface area contributed by atoms with E-state index in [1.54, 1.807) is 12.1 Å². The summed E-state index contributed by atoms with van der Waals surface area (Å²) in [6, 6.07) is 21.5. The Hall–Kier alpha value is -3.57. The molecular weight excluding hydrogens is 424 g/mol. The van der Waals surface area contributed by atoms with E-state index in [4.69, 9.17) is 9.26 Å². The number of benzene rings is 3. The summed E-state index contributed by atoms with van der Waals surface area (Å²) in [4.78, 5) is 2.41. The Balaban J connectivity index is 1.51. The molecule has 0 spiro atoms. The summed E-state index contributed by atoms with van der Waals surface area (Å²) in [6.07, 6.45) is 1.43. The fourth-order valence-electron chi connectivity index (χ4n) is 4.55. The van der Waals surface area contributed by atoms with Crippen molar-refractivity contribution in [3.63, 3.8) is 0 Å². The average Bonchev–Trinajstić information content (AvgIpc) is 3.25. The molecule has 1 aliphatic rings. The van der Waals surface area contributed by atoms with E-state index in [0.29, 0.717) is 5.76 Å². The molecule has 5 nitrogen and oxygen atoms in total. The van der Waals surface area contributed by atoms with Gasteiger partial charge in [-0.15, -0.1) is 0 Å². The topological polar surface area (TPSA) is 58.7 Å². The van der Waals surface area contributed by atoms with Gasteiger partial charge in [0.15, 0.2) is 5.76 Å². The van der Waals surface area contributed by atoms with Gasteiger partial charge in [0.2, 0.25) is 0 Å². The lowest BCUT2D eigenvalue weighted by Crippen LogP contribution is -2.53. The second-order valence-electron chi connectivity index (χ2n) is 9.05. The second-order valence-corrected chi connectivity index (χ2v) is 9.05. The number of aryl methyl sites for hydroxylation is 1. The van der Waals surface area contributed by atoms with Crippen LogP contribution in [0.25, 0.3) is 33.7 Å². The van der Waals surface area contributed by atoms with Crippen molar-refractivity contribution in [2.24, 2.45) is 0 Å². The first-order valence-electron chi connectivity index (χ1n) is 11.9. The van der Waals surface area contributed by atoms with Crippen LogP contribution in [0.15, 0.2) is 71.3 Å². The minimum Gasteiger partial charge on any atom is -0.508 e. The second kappa shape index (κ2) is 9.35. The van der Waals surface area contributed by atoms with Crippen LogP contribution in [-0.4, -0.2) is 40.9 Å². The van der Waals surface area contributed by atoms with Gasteiger partial charge < -0.3 is 14.4 Å². The Bertz CT molecular complexity index is 1270. The quantitative estimate of drug-likeness (QED) is 0.347. The zero-order chi connectivity index (χ0) is 23.7. The number of hydrogen-bond acceptors (Lipinski definition) is 5. The van der Waals surface area contributed by atoms with Gasteiger partial charge in [-0.1, -0.05) is 42.4 Å². The van der Waals surface area contributed by atoms with E-state index in [-0.39, 0.29) is 11.9 Å². The van der Waals surface area contributed by atoms with Crippen LogP contribution in [0.2, 0.25) is 0 Å². The van der Waals surface area contributed by atoms with Crippen molar-refractivity contribution in [2.45, 2.75) is 33.3 Å². The van der Waals surface area contributed by atoms with Gasteiger partial charge in [0, 0.05) is 24.2 Å². The third kappa shape index (κ3) is 4.31. The summed E-state index contributed by atoms with van der Waals surface area (Å²) in [6.45, 7) is 9.53. The highest BCUT2D eigenvalue weighted by Gasteiger charge is 2.27. The lowest BCUT2D eigenvalue weighted by atomic mass is 9.93. The first-order chi connectivity index (χ1) is 16.5. The van der Waals surface area contributed by atoms with Crippen LogP contribution in [0, 0.1) is 13.8 Å². The van der Waals surface area contributed by atoms with Gasteiger partial charge in [0.05, 0.1) is 5.56 Å². The number of phenolic OH excluding ortho intramolecular Hbond substituents is 1. The van der Waals surface area contributed by atoms with E-state index in [1.165, 1.54) is 17.5 Å². The first-order valence-corrected chi connectivity index (χ1v) is 11.9. The van der Waals surface area contributed by atoms with Crippen LogP contribution >= 0.6 is 0 Å². The number of aromatic hydroxyl groups is 1. The van der Waals surface area contributed by atoms with E-state index < -0.39 is 0 Å². The van der Waals surface area contributed by atoms with Crippen LogP contribution in [0.5, 0.6) is 11.5 Å². The monoisotopic (exact) mass is 454 g/mol. The zero-order valence-corrected chi connectivity index (χ0v) is 19.9. The molecule has 34 heavy (non-hydrogen) atoms. The molecule has 4 aromatic rings. The standard InChI is InChI=1S/C29H30N2O3/c1-4-16-31-17-25(18-31)33-24-14-10-21(11-15-24)27-28(26-7-5-6-19(2)20(26)3)30-34-29(27)22-8-12-23(32)13-9-22/h5-15,25,32H,4,16-18H2,1-3H3. The molecule has 1 saturated heterocycles. The molecule has 3 aromatic carbocycles. The van der Waals surface area contributed by atoms with Gasteiger partial charge in [-0.25, -0.2) is 0 Å². The van der Waals surface area contributed by atoms with Crippen LogP contribution in [0.3, 0.4) is 0 Å². The molecule has 0 bridgehead atoms. The Morgan fingerprint density at radius 2 is 1.68 bits per heavy atom. The third-order valence-electron chi connectivity index (χ3n) is 6.59. The minimum atomic E-state index is 0.217. The Morgan fingerprint density at radius 3 is 2.38 bits per heavy atom. The predicted octanol–water partition coefficient (Wildman–Crippen LogP) is 6.47. The fourth-order valence-corrected chi connectivity index (χ4v) is 4.55. The van der Waals surface area contributed by atoms with Crippen LogP contribution in [-0.2, 0) is 0 Å². The summed E-state index contributed by atoms with van der Waals surface area (Å²) in [5.74, 6) is 1.77. The maximum atomic E-state index is 9.75. The van der Waals surface area contributed by atoms with Crippen molar-refractivity contribution in [1.82, 2.24) is 10.1 Å². The van der Waals surface area contributed by atoms with Crippen molar-refractivity contribution < 1.29 is 14.4 Å². The number of hydrogen-bond donors (Lipinski definition) is 1. The Morgan fingerprint density at radius 1 is 0.971 bits per heavy atom. The number of phenols is 1.